The van der Waals surface area contributed by atoms with Gasteiger partial charge in [-0.25, -0.2) is 4.98 Å². The van der Waals surface area contributed by atoms with Crippen LogP contribution in [-0.2, 0) is 16.6 Å². The molecule has 21 heavy (non-hydrogen) atoms. The summed E-state index contributed by atoms with van der Waals surface area (Å²) < 4.78 is 12.4. The number of aromatic nitrogens is 3. The van der Waals surface area contributed by atoms with Crippen molar-refractivity contribution in [3.63, 3.8) is 0 Å². The number of pyridine rings is 1. The number of rotatable bonds is 3. The van der Waals surface area contributed by atoms with Crippen molar-refractivity contribution in [2.45, 2.75) is 24.6 Å². The number of nitrogens with zero attached hydrogens (tertiary/aromatic N) is 3. The predicted octanol–water partition coefficient (Wildman–Crippen LogP) is 2.95. The van der Waals surface area contributed by atoms with Gasteiger partial charge in [-0.15, -0.1) is 0 Å². The molecular formula is C16H15N3OS. The molecule has 0 amide bonds. The number of hydrogen-bond acceptors (Lipinski definition) is 4. The monoisotopic (exact) mass is 297 g/mol. The van der Waals surface area contributed by atoms with E-state index in [9.17, 15) is 4.21 Å². The lowest BCUT2D eigenvalue weighted by molar-refractivity contribution is 0.679. The summed E-state index contributed by atoms with van der Waals surface area (Å²) in [5.74, 6) is 0.353. The fraction of sp³-hybridized carbons (Fsp3) is 0.188. The van der Waals surface area contributed by atoms with Gasteiger partial charge in [-0.1, -0.05) is 12.1 Å². The summed E-state index contributed by atoms with van der Waals surface area (Å²) in [4.78, 5) is 13.1. The standard InChI is InChI=1S/C16H15N3OS/c1-11-6-7-14-16(12(11)2)18-9-15(19-14)21(20)10-13-5-3-4-8-17-13/h3-9H,10H2,1-2H3. The fourth-order valence-electron chi connectivity index (χ4n) is 2.11. The van der Waals surface area contributed by atoms with Crippen molar-refractivity contribution in [3.05, 3.63) is 59.5 Å². The van der Waals surface area contributed by atoms with Gasteiger partial charge in [0.05, 0.1) is 39.5 Å². The second kappa shape index (κ2) is 5.69. The van der Waals surface area contributed by atoms with Crippen LogP contribution >= 0.6 is 0 Å². The first-order valence-electron chi connectivity index (χ1n) is 6.66. The minimum Gasteiger partial charge on any atom is -0.260 e. The minimum absolute atomic E-state index is 0.353. The van der Waals surface area contributed by atoms with Crippen LogP contribution < -0.4 is 0 Å². The number of fused-ring (bicyclic) bond motifs is 1. The van der Waals surface area contributed by atoms with Crippen molar-refractivity contribution in [2.75, 3.05) is 0 Å². The first-order chi connectivity index (χ1) is 10.1. The van der Waals surface area contributed by atoms with Crippen molar-refractivity contribution in [2.24, 2.45) is 0 Å². The van der Waals surface area contributed by atoms with Crippen LogP contribution in [0, 0.1) is 13.8 Å². The van der Waals surface area contributed by atoms with Gasteiger partial charge in [0.25, 0.3) is 0 Å². The molecule has 3 rings (SSSR count). The molecule has 3 aromatic rings. The lowest BCUT2D eigenvalue weighted by Gasteiger charge is -2.06. The average Bonchev–Trinajstić information content (AvgIpc) is 2.51. The zero-order valence-electron chi connectivity index (χ0n) is 11.9. The maximum absolute atomic E-state index is 12.4. The Hall–Kier alpha value is -2.14. The normalized spacial score (nSPS) is 12.5. The highest BCUT2D eigenvalue weighted by Crippen LogP contribution is 2.19. The molecule has 0 saturated carbocycles. The lowest BCUT2D eigenvalue weighted by Crippen LogP contribution is -2.02. The second-order valence-corrected chi connectivity index (χ2v) is 6.29. The minimum atomic E-state index is -1.24. The summed E-state index contributed by atoms with van der Waals surface area (Å²) in [6.45, 7) is 4.07. The maximum Gasteiger partial charge on any atom is 0.146 e. The third-order valence-corrected chi connectivity index (χ3v) is 4.67. The van der Waals surface area contributed by atoms with Gasteiger partial charge in [0.1, 0.15) is 5.03 Å². The Balaban J connectivity index is 1.94. The number of aryl methyl sites for hydroxylation is 2. The molecule has 0 bridgehead atoms. The van der Waals surface area contributed by atoms with Gasteiger partial charge in [-0.05, 0) is 43.2 Å². The van der Waals surface area contributed by atoms with Crippen LogP contribution in [0.15, 0.2) is 47.8 Å². The molecule has 2 heterocycles. The first kappa shape index (κ1) is 13.8. The highest BCUT2D eigenvalue weighted by atomic mass is 32.2. The van der Waals surface area contributed by atoms with E-state index in [0.717, 1.165) is 22.3 Å². The third-order valence-electron chi connectivity index (χ3n) is 3.45. The topological polar surface area (TPSA) is 55.7 Å². The Labute approximate surface area is 125 Å². The predicted molar refractivity (Wildman–Crippen MR) is 83.4 cm³/mol. The van der Waals surface area contributed by atoms with Gasteiger partial charge in [0.15, 0.2) is 0 Å². The highest BCUT2D eigenvalue weighted by molar-refractivity contribution is 7.84. The van der Waals surface area contributed by atoms with Crippen LogP contribution in [0.5, 0.6) is 0 Å². The summed E-state index contributed by atoms with van der Waals surface area (Å²) >= 11 is 0. The average molecular weight is 297 g/mol. The molecule has 2 aromatic heterocycles. The number of benzene rings is 1. The Bertz CT molecular complexity index is 818. The Morgan fingerprint density at radius 1 is 1.10 bits per heavy atom. The third kappa shape index (κ3) is 2.83. The van der Waals surface area contributed by atoms with Crippen molar-refractivity contribution in [1.82, 2.24) is 15.0 Å². The van der Waals surface area contributed by atoms with Crippen LogP contribution in [0.1, 0.15) is 16.8 Å². The van der Waals surface area contributed by atoms with Crippen LogP contribution in [0.4, 0.5) is 0 Å². The molecule has 0 aliphatic heterocycles. The van der Waals surface area contributed by atoms with Gasteiger partial charge in [-0.2, -0.15) is 0 Å². The van der Waals surface area contributed by atoms with Crippen molar-refractivity contribution in [1.29, 1.82) is 0 Å². The van der Waals surface area contributed by atoms with Crippen LogP contribution in [0.2, 0.25) is 0 Å². The molecular weight excluding hydrogens is 282 g/mol. The zero-order valence-corrected chi connectivity index (χ0v) is 12.7. The van der Waals surface area contributed by atoms with Gasteiger partial charge >= 0.3 is 0 Å². The van der Waals surface area contributed by atoms with Gasteiger partial charge in [0, 0.05) is 6.20 Å². The molecule has 0 fully saturated rings. The Kier molecular flexibility index (Phi) is 3.75. The Morgan fingerprint density at radius 3 is 2.71 bits per heavy atom. The van der Waals surface area contributed by atoms with Crippen LogP contribution in [0.25, 0.3) is 11.0 Å². The lowest BCUT2D eigenvalue weighted by atomic mass is 10.1. The molecule has 106 valence electrons. The quantitative estimate of drug-likeness (QED) is 0.746. The van der Waals surface area contributed by atoms with Gasteiger partial charge < -0.3 is 0 Å². The highest BCUT2D eigenvalue weighted by Gasteiger charge is 2.10. The summed E-state index contributed by atoms with van der Waals surface area (Å²) in [7, 11) is -1.24. The molecule has 0 aliphatic rings. The van der Waals surface area contributed by atoms with E-state index >= 15 is 0 Å². The van der Waals surface area contributed by atoms with E-state index in [1.165, 1.54) is 5.56 Å². The van der Waals surface area contributed by atoms with E-state index in [1.807, 2.05) is 44.2 Å². The van der Waals surface area contributed by atoms with E-state index in [4.69, 9.17) is 0 Å². The summed E-state index contributed by atoms with van der Waals surface area (Å²) in [5.41, 5.74) is 4.73. The molecule has 0 aliphatic carbocycles. The van der Waals surface area contributed by atoms with Crippen LogP contribution in [0.3, 0.4) is 0 Å². The SMILES string of the molecule is Cc1ccc2nc(S(=O)Cc3ccccn3)cnc2c1C. The molecule has 1 unspecified atom stereocenters. The summed E-state index contributed by atoms with van der Waals surface area (Å²) in [6, 6.07) is 9.52. The van der Waals surface area contributed by atoms with E-state index in [2.05, 4.69) is 15.0 Å². The molecule has 0 spiro atoms. The largest absolute Gasteiger partial charge is 0.260 e. The maximum atomic E-state index is 12.4. The molecule has 5 heteroatoms. The van der Waals surface area contributed by atoms with E-state index in [-0.39, 0.29) is 0 Å². The van der Waals surface area contributed by atoms with Crippen molar-refractivity contribution >= 4 is 21.8 Å². The molecule has 0 radical (unpaired) electrons. The van der Waals surface area contributed by atoms with E-state index in [1.54, 1.807) is 12.4 Å². The van der Waals surface area contributed by atoms with Gasteiger partial charge in [-0.3, -0.25) is 14.2 Å². The first-order valence-corrected chi connectivity index (χ1v) is 7.98. The van der Waals surface area contributed by atoms with Crippen LogP contribution in [-0.4, -0.2) is 19.2 Å². The summed E-state index contributed by atoms with van der Waals surface area (Å²) in [6.07, 6.45) is 3.30. The molecule has 0 saturated heterocycles. The number of hydrogen-bond donors (Lipinski definition) is 0. The Morgan fingerprint density at radius 2 is 1.95 bits per heavy atom. The van der Waals surface area contributed by atoms with Gasteiger partial charge in [0.2, 0.25) is 0 Å². The van der Waals surface area contributed by atoms with E-state index < -0.39 is 10.8 Å². The molecule has 4 nitrogen and oxygen atoms in total. The van der Waals surface area contributed by atoms with Crippen molar-refractivity contribution < 1.29 is 4.21 Å². The molecule has 0 N–H and O–H groups in total. The smallest absolute Gasteiger partial charge is 0.146 e. The zero-order chi connectivity index (χ0) is 14.8. The van der Waals surface area contributed by atoms with E-state index in [0.29, 0.717) is 10.8 Å². The van der Waals surface area contributed by atoms with Crippen molar-refractivity contribution in [3.8, 4) is 0 Å². The molecule has 1 aromatic carbocycles. The molecule has 1 atom stereocenters. The fourth-order valence-corrected chi connectivity index (χ4v) is 3.07. The summed E-state index contributed by atoms with van der Waals surface area (Å²) in [5, 5.41) is 0.497. The second-order valence-electron chi connectivity index (χ2n) is 4.89.